The predicted molar refractivity (Wildman–Crippen MR) is 76.7 cm³/mol. The van der Waals surface area contributed by atoms with Crippen LogP contribution in [0.3, 0.4) is 0 Å². The van der Waals surface area contributed by atoms with Crippen LogP contribution in [0.25, 0.3) is 0 Å². The number of anilines is 1. The Kier molecular flexibility index (Phi) is 4.20. The largest absolute Gasteiger partial charge is 0.366 e. The van der Waals surface area contributed by atoms with Gasteiger partial charge in [-0.1, -0.05) is 0 Å². The minimum Gasteiger partial charge on any atom is -0.366 e. The average Bonchev–Trinajstić information content (AvgIpc) is 2.46. The standard InChI is InChI=1S/C14H18N4O2/c1-16(2)12-5-7-17(8-6-12)13-4-3-11(10-15)9-14(13)18(19)20/h3-4,9,12H,5-8H2,1-2H3. The van der Waals surface area contributed by atoms with E-state index in [4.69, 9.17) is 5.26 Å². The van der Waals surface area contributed by atoms with Gasteiger partial charge in [0.25, 0.3) is 5.69 Å². The Morgan fingerprint density at radius 3 is 2.55 bits per heavy atom. The van der Waals surface area contributed by atoms with Crippen LogP contribution < -0.4 is 4.90 Å². The molecule has 1 heterocycles. The quantitative estimate of drug-likeness (QED) is 0.622. The van der Waals surface area contributed by atoms with E-state index in [2.05, 4.69) is 19.0 Å². The topological polar surface area (TPSA) is 73.4 Å². The van der Waals surface area contributed by atoms with E-state index in [0.717, 1.165) is 25.9 Å². The molecule has 1 aliphatic heterocycles. The van der Waals surface area contributed by atoms with Crippen molar-refractivity contribution in [3.05, 3.63) is 33.9 Å². The van der Waals surface area contributed by atoms with E-state index in [0.29, 0.717) is 17.3 Å². The maximum absolute atomic E-state index is 11.2. The second-order valence-electron chi connectivity index (χ2n) is 5.25. The SMILES string of the molecule is CN(C)C1CCN(c2ccc(C#N)cc2[N+](=O)[O-])CC1. The molecule has 0 atom stereocenters. The van der Waals surface area contributed by atoms with Gasteiger partial charge in [0.1, 0.15) is 5.69 Å². The highest BCUT2D eigenvalue weighted by Crippen LogP contribution is 2.31. The molecule has 0 radical (unpaired) electrons. The van der Waals surface area contributed by atoms with E-state index >= 15 is 0 Å². The summed E-state index contributed by atoms with van der Waals surface area (Å²) in [7, 11) is 4.12. The zero-order chi connectivity index (χ0) is 14.7. The van der Waals surface area contributed by atoms with Crippen molar-refractivity contribution in [2.45, 2.75) is 18.9 Å². The van der Waals surface area contributed by atoms with Crippen LogP contribution in [0, 0.1) is 21.4 Å². The number of nitro benzene ring substituents is 1. The molecule has 0 N–H and O–H groups in total. The van der Waals surface area contributed by atoms with Crippen molar-refractivity contribution in [1.82, 2.24) is 4.90 Å². The van der Waals surface area contributed by atoms with Crippen LogP contribution in [0.1, 0.15) is 18.4 Å². The van der Waals surface area contributed by atoms with E-state index < -0.39 is 4.92 Å². The van der Waals surface area contributed by atoms with Crippen molar-refractivity contribution < 1.29 is 4.92 Å². The number of nitriles is 1. The number of nitrogens with zero attached hydrogens (tertiary/aromatic N) is 4. The lowest BCUT2D eigenvalue weighted by molar-refractivity contribution is -0.384. The molecular formula is C14H18N4O2. The fourth-order valence-electron chi connectivity index (χ4n) is 2.63. The maximum Gasteiger partial charge on any atom is 0.293 e. The van der Waals surface area contributed by atoms with Crippen molar-refractivity contribution in [2.24, 2.45) is 0 Å². The van der Waals surface area contributed by atoms with Gasteiger partial charge in [0.05, 0.1) is 16.6 Å². The fraction of sp³-hybridized carbons (Fsp3) is 0.500. The molecule has 20 heavy (non-hydrogen) atoms. The molecule has 6 nitrogen and oxygen atoms in total. The Labute approximate surface area is 118 Å². The molecule has 2 rings (SSSR count). The highest BCUT2D eigenvalue weighted by Gasteiger charge is 2.25. The smallest absolute Gasteiger partial charge is 0.293 e. The zero-order valence-electron chi connectivity index (χ0n) is 11.7. The molecule has 0 aromatic heterocycles. The molecule has 0 aliphatic carbocycles. The van der Waals surface area contributed by atoms with Gasteiger partial charge in [-0.3, -0.25) is 10.1 Å². The van der Waals surface area contributed by atoms with Gasteiger partial charge in [0.2, 0.25) is 0 Å². The minimum absolute atomic E-state index is 0.0207. The van der Waals surface area contributed by atoms with E-state index in [-0.39, 0.29) is 5.69 Å². The Balaban J connectivity index is 2.22. The van der Waals surface area contributed by atoms with Crippen LogP contribution in [-0.4, -0.2) is 43.0 Å². The summed E-state index contributed by atoms with van der Waals surface area (Å²) in [6.45, 7) is 1.60. The summed E-state index contributed by atoms with van der Waals surface area (Å²) >= 11 is 0. The second-order valence-corrected chi connectivity index (χ2v) is 5.25. The maximum atomic E-state index is 11.2. The van der Waals surface area contributed by atoms with Gasteiger partial charge in [0.15, 0.2) is 0 Å². The first-order valence-electron chi connectivity index (χ1n) is 6.63. The van der Waals surface area contributed by atoms with Crippen molar-refractivity contribution >= 4 is 11.4 Å². The van der Waals surface area contributed by atoms with Gasteiger partial charge in [0, 0.05) is 25.2 Å². The van der Waals surface area contributed by atoms with Gasteiger partial charge in [-0.2, -0.15) is 5.26 Å². The summed E-state index contributed by atoms with van der Waals surface area (Å²) in [4.78, 5) is 15.0. The molecule has 0 amide bonds. The van der Waals surface area contributed by atoms with E-state index in [9.17, 15) is 10.1 Å². The molecule has 1 saturated heterocycles. The molecule has 1 aliphatic rings. The van der Waals surface area contributed by atoms with Crippen LogP contribution in [0.15, 0.2) is 18.2 Å². The van der Waals surface area contributed by atoms with Gasteiger partial charge in [-0.25, -0.2) is 0 Å². The van der Waals surface area contributed by atoms with Gasteiger partial charge >= 0.3 is 0 Å². The van der Waals surface area contributed by atoms with Crippen LogP contribution in [-0.2, 0) is 0 Å². The number of hydrogen-bond donors (Lipinski definition) is 0. The van der Waals surface area contributed by atoms with E-state index in [1.807, 2.05) is 11.0 Å². The van der Waals surface area contributed by atoms with Crippen molar-refractivity contribution in [1.29, 1.82) is 5.26 Å². The highest BCUT2D eigenvalue weighted by atomic mass is 16.6. The highest BCUT2D eigenvalue weighted by molar-refractivity contribution is 5.65. The molecule has 1 aromatic carbocycles. The molecule has 0 unspecified atom stereocenters. The number of rotatable bonds is 3. The molecular weight excluding hydrogens is 256 g/mol. The molecule has 1 fully saturated rings. The Hall–Kier alpha value is -2.13. The normalized spacial score (nSPS) is 16.2. The lowest BCUT2D eigenvalue weighted by atomic mass is 10.0. The van der Waals surface area contributed by atoms with E-state index in [1.54, 1.807) is 12.1 Å². The molecule has 106 valence electrons. The first-order chi connectivity index (χ1) is 9.52. The third kappa shape index (κ3) is 2.89. The lowest BCUT2D eigenvalue weighted by Gasteiger charge is -2.36. The van der Waals surface area contributed by atoms with Crippen molar-refractivity contribution in [2.75, 3.05) is 32.1 Å². The fourth-order valence-corrected chi connectivity index (χ4v) is 2.63. The second kappa shape index (κ2) is 5.88. The number of benzene rings is 1. The predicted octanol–water partition coefficient (Wildman–Crippen LogP) is 2.00. The molecule has 0 bridgehead atoms. The lowest BCUT2D eigenvalue weighted by Crippen LogP contribution is -2.42. The monoisotopic (exact) mass is 274 g/mol. The summed E-state index contributed by atoms with van der Waals surface area (Å²) in [5, 5.41) is 20.0. The van der Waals surface area contributed by atoms with Gasteiger partial charge in [-0.05, 0) is 39.1 Å². The van der Waals surface area contributed by atoms with Crippen LogP contribution in [0.2, 0.25) is 0 Å². The molecule has 0 spiro atoms. The summed E-state index contributed by atoms with van der Waals surface area (Å²) in [5.74, 6) is 0. The van der Waals surface area contributed by atoms with Gasteiger partial charge < -0.3 is 9.80 Å². The number of nitro groups is 1. The number of hydrogen-bond acceptors (Lipinski definition) is 5. The average molecular weight is 274 g/mol. The molecule has 1 aromatic rings. The first-order valence-corrected chi connectivity index (χ1v) is 6.63. The van der Waals surface area contributed by atoms with Crippen LogP contribution in [0.5, 0.6) is 0 Å². The zero-order valence-corrected chi connectivity index (χ0v) is 11.7. The summed E-state index contributed by atoms with van der Waals surface area (Å²) in [5.41, 5.74) is 0.960. The Morgan fingerprint density at radius 2 is 2.05 bits per heavy atom. The Bertz CT molecular complexity index is 543. The van der Waals surface area contributed by atoms with Crippen molar-refractivity contribution in [3.63, 3.8) is 0 Å². The van der Waals surface area contributed by atoms with Crippen LogP contribution >= 0.6 is 0 Å². The molecule has 0 saturated carbocycles. The summed E-state index contributed by atoms with van der Waals surface area (Å²) < 4.78 is 0. The Morgan fingerprint density at radius 1 is 1.40 bits per heavy atom. The minimum atomic E-state index is -0.409. The summed E-state index contributed by atoms with van der Waals surface area (Å²) in [6.07, 6.45) is 1.98. The van der Waals surface area contributed by atoms with Crippen LogP contribution in [0.4, 0.5) is 11.4 Å². The van der Waals surface area contributed by atoms with Crippen molar-refractivity contribution in [3.8, 4) is 6.07 Å². The summed E-state index contributed by atoms with van der Waals surface area (Å²) in [6, 6.07) is 7.16. The first kappa shape index (κ1) is 14.3. The molecule has 6 heteroatoms. The van der Waals surface area contributed by atoms with E-state index in [1.165, 1.54) is 6.07 Å². The third-order valence-corrected chi connectivity index (χ3v) is 3.84. The third-order valence-electron chi connectivity index (χ3n) is 3.84. The van der Waals surface area contributed by atoms with Gasteiger partial charge in [-0.15, -0.1) is 0 Å². The number of piperidine rings is 1.